The number of ether oxygens (including phenoxy) is 2. The number of carbonyl (C=O) groups excluding carboxylic acids is 2. The predicted octanol–water partition coefficient (Wildman–Crippen LogP) is 4.22. The second kappa shape index (κ2) is 8.46. The molecule has 1 aromatic carbocycles. The van der Waals surface area contributed by atoms with Crippen LogP contribution in [0.1, 0.15) is 41.0 Å². The molecule has 2 atom stereocenters. The number of imide groups is 1. The van der Waals surface area contributed by atoms with Gasteiger partial charge in [0.05, 0.1) is 24.9 Å². The number of carbonyl (C=O) groups is 2. The Labute approximate surface area is 161 Å². The van der Waals surface area contributed by atoms with Gasteiger partial charge in [-0.3, -0.25) is 4.79 Å². The maximum absolute atomic E-state index is 12.6. The van der Waals surface area contributed by atoms with Crippen molar-refractivity contribution >= 4 is 17.7 Å². The second-order valence-corrected chi connectivity index (χ2v) is 8.12. The fourth-order valence-corrected chi connectivity index (χ4v) is 3.09. The van der Waals surface area contributed by atoms with Gasteiger partial charge in [0.25, 0.3) is 5.91 Å². The highest BCUT2D eigenvalue weighted by atomic mass is 16.6. The number of anilines is 1. The van der Waals surface area contributed by atoms with Crippen molar-refractivity contribution in [1.29, 1.82) is 0 Å². The molecule has 1 N–H and O–H groups in total. The summed E-state index contributed by atoms with van der Waals surface area (Å²) >= 11 is 0. The third-order valence-corrected chi connectivity index (χ3v) is 4.15. The van der Waals surface area contributed by atoms with Crippen LogP contribution in [0.3, 0.4) is 0 Å². The lowest BCUT2D eigenvalue weighted by molar-refractivity contribution is -0.125. The number of rotatable bonds is 6. The van der Waals surface area contributed by atoms with Crippen molar-refractivity contribution in [2.24, 2.45) is 5.92 Å². The third-order valence-electron chi connectivity index (χ3n) is 4.15. The van der Waals surface area contributed by atoms with Crippen LogP contribution in [0.2, 0.25) is 0 Å². The minimum absolute atomic E-state index is 0.170. The van der Waals surface area contributed by atoms with Gasteiger partial charge in [-0.25, -0.2) is 9.69 Å². The van der Waals surface area contributed by atoms with Crippen LogP contribution in [0.5, 0.6) is 5.75 Å². The smallest absolute Gasteiger partial charge is 0.417 e. The topological polar surface area (TPSA) is 67.9 Å². The number of nitrogens with zero attached hydrogens (tertiary/aromatic N) is 1. The van der Waals surface area contributed by atoms with Crippen LogP contribution < -0.4 is 10.1 Å². The van der Waals surface area contributed by atoms with E-state index < -0.39 is 17.7 Å². The average Bonchev–Trinajstić information content (AvgIpc) is 2.94. The van der Waals surface area contributed by atoms with Crippen LogP contribution in [0.4, 0.5) is 10.5 Å². The van der Waals surface area contributed by atoms with E-state index in [9.17, 15) is 9.59 Å². The quantitative estimate of drug-likeness (QED) is 0.807. The normalized spacial score (nSPS) is 18.0. The van der Waals surface area contributed by atoms with Crippen molar-refractivity contribution in [2.75, 3.05) is 12.4 Å². The summed E-state index contributed by atoms with van der Waals surface area (Å²) in [5.41, 5.74) is 0.149. The van der Waals surface area contributed by atoms with Crippen molar-refractivity contribution in [3.8, 4) is 5.75 Å². The summed E-state index contributed by atoms with van der Waals surface area (Å²) in [6, 6.07) is 7.00. The zero-order valence-electron chi connectivity index (χ0n) is 17.0. The van der Waals surface area contributed by atoms with Crippen molar-refractivity contribution in [2.45, 2.75) is 58.7 Å². The Hall–Kier alpha value is -2.50. The molecule has 0 bridgehead atoms. The second-order valence-electron chi connectivity index (χ2n) is 8.12. The largest absolute Gasteiger partial charge is 0.495 e. The average molecular weight is 374 g/mol. The van der Waals surface area contributed by atoms with Crippen molar-refractivity contribution in [3.05, 3.63) is 36.4 Å². The van der Waals surface area contributed by atoms with E-state index in [1.165, 1.54) is 11.0 Å². The van der Waals surface area contributed by atoms with E-state index in [1.54, 1.807) is 34.0 Å². The number of para-hydroxylation sites is 2. The predicted molar refractivity (Wildman–Crippen MR) is 106 cm³/mol. The van der Waals surface area contributed by atoms with Gasteiger partial charge in [-0.2, -0.15) is 0 Å². The molecule has 2 rings (SSSR count). The van der Waals surface area contributed by atoms with Crippen LogP contribution in [0.15, 0.2) is 36.4 Å². The molecule has 0 fully saturated rings. The molecule has 0 aromatic heterocycles. The standard InChI is InChI=1S/C21H30N2O4/c1-14(2)13-16(22-15-9-7-8-10-18(15)26-6)17-11-12-19(24)23(17)20(25)27-21(3,4)5/h7-12,14,16-17,22H,13H2,1-6H3/t16-,17+/m0/s1. The molecular formula is C21H30N2O4. The van der Waals surface area contributed by atoms with Gasteiger partial charge in [-0.05, 0) is 45.2 Å². The molecular weight excluding hydrogens is 344 g/mol. The zero-order chi connectivity index (χ0) is 20.2. The molecule has 1 heterocycles. The van der Waals surface area contributed by atoms with Gasteiger partial charge in [-0.15, -0.1) is 0 Å². The van der Waals surface area contributed by atoms with Crippen molar-refractivity contribution in [1.82, 2.24) is 4.90 Å². The molecule has 1 aromatic rings. The van der Waals surface area contributed by atoms with Gasteiger partial charge in [0, 0.05) is 6.08 Å². The lowest BCUT2D eigenvalue weighted by Crippen LogP contribution is -2.50. The van der Waals surface area contributed by atoms with Crippen molar-refractivity contribution in [3.63, 3.8) is 0 Å². The van der Waals surface area contributed by atoms with E-state index in [0.29, 0.717) is 11.7 Å². The van der Waals surface area contributed by atoms with Crippen LogP contribution >= 0.6 is 0 Å². The number of hydrogen-bond donors (Lipinski definition) is 1. The highest BCUT2D eigenvalue weighted by molar-refractivity contribution is 6.01. The van der Waals surface area contributed by atoms with E-state index in [0.717, 1.165) is 12.1 Å². The molecule has 0 spiro atoms. The van der Waals surface area contributed by atoms with Gasteiger partial charge in [-0.1, -0.05) is 32.1 Å². The molecule has 6 nitrogen and oxygen atoms in total. The Bertz CT molecular complexity index is 706. The SMILES string of the molecule is COc1ccccc1N[C@@H](CC(C)C)[C@H]1C=CC(=O)N1C(=O)OC(C)(C)C. The van der Waals surface area contributed by atoms with Gasteiger partial charge in [0.15, 0.2) is 0 Å². The minimum atomic E-state index is -0.672. The van der Waals surface area contributed by atoms with E-state index >= 15 is 0 Å². The summed E-state index contributed by atoms with van der Waals surface area (Å²) in [5, 5.41) is 3.46. The molecule has 0 radical (unpaired) electrons. The van der Waals surface area contributed by atoms with E-state index in [-0.39, 0.29) is 11.9 Å². The van der Waals surface area contributed by atoms with Crippen LogP contribution in [0, 0.1) is 5.92 Å². The lowest BCUT2D eigenvalue weighted by atomic mass is 9.96. The number of nitrogens with one attached hydrogen (secondary N) is 1. The number of amides is 2. The lowest BCUT2D eigenvalue weighted by Gasteiger charge is -2.33. The summed E-state index contributed by atoms with van der Waals surface area (Å²) in [6.07, 6.45) is 3.34. The third kappa shape index (κ3) is 5.49. The highest BCUT2D eigenvalue weighted by Gasteiger charge is 2.39. The summed E-state index contributed by atoms with van der Waals surface area (Å²) in [4.78, 5) is 26.2. The zero-order valence-corrected chi connectivity index (χ0v) is 17.0. The van der Waals surface area contributed by atoms with Gasteiger partial charge >= 0.3 is 6.09 Å². The maximum atomic E-state index is 12.6. The first-order valence-electron chi connectivity index (χ1n) is 9.26. The molecule has 0 unspecified atom stereocenters. The molecule has 27 heavy (non-hydrogen) atoms. The fourth-order valence-electron chi connectivity index (χ4n) is 3.09. The summed E-state index contributed by atoms with van der Waals surface area (Å²) in [7, 11) is 1.62. The molecule has 1 aliphatic rings. The van der Waals surface area contributed by atoms with Crippen LogP contribution in [-0.4, -0.2) is 41.7 Å². The summed E-state index contributed by atoms with van der Waals surface area (Å²) < 4.78 is 10.9. The Morgan fingerprint density at radius 1 is 1.26 bits per heavy atom. The molecule has 148 valence electrons. The number of benzene rings is 1. The maximum Gasteiger partial charge on any atom is 0.417 e. The Morgan fingerprint density at radius 3 is 2.52 bits per heavy atom. The van der Waals surface area contributed by atoms with Crippen LogP contribution in [0.25, 0.3) is 0 Å². The van der Waals surface area contributed by atoms with E-state index in [1.807, 2.05) is 24.3 Å². The number of methoxy groups -OCH3 is 1. The molecule has 6 heteroatoms. The first kappa shape index (κ1) is 20.8. The number of hydrogen-bond acceptors (Lipinski definition) is 5. The first-order valence-corrected chi connectivity index (χ1v) is 9.26. The van der Waals surface area contributed by atoms with Crippen molar-refractivity contribution < 1.29 is 19.1 Å². The van der Waals surface area contributed by atoms with Gasteiger partial charge in [0.1, 0.15) is 11.4 Å². The molecule has 0 saturated carbocycles. The summed E-state index contributed by atoms with van der Waals surface area (Å²) in [6.45, 7) is 9.57. The Kier molecular flexibility index (Phi) is 6.52. The van der Waals surface area contributed by atoms with E-state index in [4.69, 9.17) is 9.47 Å². The molecule has 0 aliphatic carbocycles. The molecule has 0 saturated heterocycles. The van der Waals surface area contributed by atoms with E-state index in [2.05, 4.69) is 19.2 Å². The monoisotopic (exact) mass is 374 g/mol. The van der Waals surface area contributed by atoms with Gasteiger partial charge in [0.2, 0.25) is 0 Å². The minimum Gasteiger partial charge on any atom is -0.495 e. The molecule has 1 aliphatic heterocycles. The summed E-state index contributed by atoms with van der Waals surface area (Å²) in [5.74, 6) is 0.718. The van der Waals surface area contributed by atoms with Crippen LogP contribution in [-0.2, 0) is 9.53 Å². The first-order chi connectivity index (χ1) is 12.6. The Morgan fingerprint density at radius 2 is 1.93 bits per heavy atom. The van der Waals surface area contributed by atoms with Gasteiger partial charge < -0.3 is 14.8 Å². The highest BCUT2D eigenvalue weighted by Crippen LogP contribution is 2.29. The fraction of sp³-hybridized carbons (Fsp3) is 0.524. The molecule has 2 amide bonds. The Balaban J connectivity index is 2.29.